The van der Waals surface area contributed by atoms with Crippen molar-refractivity contribution in [1.82, 2.24) is 10.6 Å². The Hall–Kier alpha value is -0.570. The Kier molecular flexibility index (Phi) is 1.30. The van der Waals surface area contributed by atoms with Crippen LogP contribution in [0, 0.1) is 0 Å². The average molecular weight is 141 g/mol. The number of carbonyl (C=O) groups excluding carboxylic acids is 1. The Bertz CT molecular complexity index is 172. The second kappa shape index (κ2) is 1.72. The summed E-state index contributed by atoms with van der Waals surface area (Å²) in [6, 6.07) is 0. The zero-order chi connectivity index (χ0) is 7.99. The van der Waals surface area contributed by atoms with Crippen LogP contribution in [0.15, 0.2) is 0 Å². The van der Waals surface area contributed by atoms with E-state index in [1.807, 2.05) is 27.7 Å². The summed E-state index contributed by atoms with van der Waals surface area (Å²) in [6.45, 7) is 7.41. The van der Waals surface area contributed by atoms with Crippen LogP contribution in [-0.4, -0.2) is 17.1 Å². The normalized spacial score (nSPS) is 28.2. The molecule has 3 heteroatoms. The smallest absolute Gasteiger partial charge is 0.242 e. The molecule has 1 N–H and O–H groups in total. The van der Waals surface area contributed by atoms with Crippen molar-refractivity contribution in [2.45, 2.75) is 38.9 Å². The summed E-state index contributed by atoms with van der Waals surface area (Å²) in [4.78, 5) is 11.1. The first-order valence-corrected chi connectivity index (χ1v) is 3.40. The molecule has 0 bridgehead atoms. The van der Waals surface area contributed by atoms with Gasteiger partial charge in [-0.2, -0.15) is 5.32 Å². The fourth-order valence-corrected chi connectivity index (χ4v) is 1.21. The van der Waals surface area contributed by atoms with Crippen LogP contribution in [0.25, 0.3) is 0 Å². The van der Waals surface area contributed by atoms with Gasteiger partial charge in [-0.1, -0.05) is 0 Å². The molecule has 1 fully saturated rings. The van der Waals surface area contributed by atoms with E-state index < -0.39 is 5.54 Å². The summed E-state index contributed by atoms with van der Waals surface area (Å²) < 4.78 is 0. The fraction of sp³-hybridized carbons (Fsp3) is 0.857. The van der Waals surface area contributed by atoms with E-state index in [9.17, 15) is 4.79 Å². The first kappa shape index (κ1) is 7.54. The molecule has 1 aliphatic rings. The third kappa shape index (κ3) is 1.14. The second-order valence-corrected chi connectivity index (χ2v) is 3.68. The third-order valence-electron chi connectivity index (χ3n) is 1.53. The molecule has 1 rings (SSSR count). The van der Waals surface area contributed by atoms with E-state index >= 15 is 0 Å². The molecule has 0 aliphatic carbocycles. The topological polar surface area (TPSA) is 43.2 Å². The molecule has 0 aromatic rings. The predicted octanol–water partition coefficient (Wildman–Crippen LogP) is 0.235. The largest absolute Gasteiger partial charge is 0.336 e. The standard InChI is InChI=1S/C7H13N2O/c1-6(2)5(10)8-7(3,4)9-6/h1-4H3,(H,8,10). The zero-order valence-corrected chi connectivity index (χ0v) is 6.86. The molecule has 0 saturated carbocycles. The lowest BCUT2D eigenvalue weighted by Crippen LogP contribution is -2.40. The van der Waals surface area contributed by atoms with Crippen molar-refractivity contribution in [2.24, 2.45) is 0 Å². The molecule has 0 unspecified atom stereocenters. The van der Waals surface area contributed by atoms with E-state index in [0.29, 0.717) is 0 Å². The number of rotatable bonds is 0. The van der Waals surface area contributed by atoms with Crippen LogP contribution in [0.1, 0.15) is 27.7 Å². The summed E-state index contributed by atoms with van der Waals surface area (Å²) >= 11 is 0. The van der Waals surface area contributed by atoms with Crippen LogP contribution in [0.4, 0.5) is 0 Å². The van der Waals surface area contributed by atoms with Crippen LogP contribution < -0.4 is 10.6 Å². The van der Waals surface area contributed by atoms with E-state index in [-0.39, 0.29) is 11.6 Å². The van der Waals surface area contributed by atoms with Gasteiger partial charge in [0.05, 0.1) is 0 Å². The zero-order valence-electron chi connectivity index (χ0n) is 6.86. The molecule has 10 heavy (non-hydrogen) atoms. The minimum Gasteiger partial charge on any atom is -0.336 e. The summed E-state index contributed by atoms with van der Waals surface area (Å²) in [7, 11) is 0. The second-order valence-electron chi connectivity index (χ2n) is 3.68. The van der Waals surface area contributed by atoms with Crippen molar-refractivity contribution < 1.29 is 4.79 Å². The van der Waals surface area contributed by atoms with E-state index in [2.05, 4.69) is 10.6 Å². The maximum Gasteiger partial charge on any atom is 0.242 e. The molecule has 1 aliphatic heterocycles. The van der Waals surface area contributed by atoms with Gasteiger partial charge in [-0.25, -0.2) is 0 Å². The van der Waals surface area contributed by atoms with E-state index in [0.717, 1.165) is 0 Å². The van der Waals surface area contributed by atoms with Crippen LogP contribution in [0.2, 0.25) is 0 Å². The van der Waals surface area contributed by atoms with Crippen LogP contribution >= 0.6 is 0 Å². The van der Waals surface area contributed by atoms with Gasteiger partial charge in [0.15, 0.2) is 0 Å². The minimum atomic E-state index is -0.538. The van der Waals surface area contributed by atoms with Crippen molar-refractivity contribution >= 4 is 5.91 Å². The summed E-state index contributed by atoms with van der Waals surface area (Å²) in [5.74, 6) is 0.0116. The van der Waals surface area contributed by atoms with Gasteiger partial charge in [0.1, 0.15) is 11.2 Å². The number of nitrogens with one attached hydrogen (secondary N) is 1. The molecule has 1 radical (unpaired) electrons. The lowest BCUT2D eigenvalue weighted by molar-refractivity contribution is -0.123. The van der Waals surface area contributed by atoms with Gasteiger partial charge in [-0.05, 0) is 27.7 Å². The third-order valence-corrected chi connectivity index (χ3v) is 1.53. The van der Waals surface area contributed by atoms with E-state index in [4.69, 9.17) is 0 Å². The monoisotopic (exact) mass is 141 g/mol. The van der Waals surface area contributed by atoms with Gasteiger partial charge in [0.25, 0.3) is 0 Å². The number of hydrogen-bond donors (Lipinski definition) is 1. The van der Waals surface area contributed by atoms with Crippen LogP contribution in [0.3, 0.4) is 0 Å². The molecule has 1 heterocycles. The minimum absolute atomic E-state index is 0.0116. The molecule has 1 amide bonds. The molecule has 57 valence electrons. The quantitative estimate of drug-likeness (QED) is 0.515. The van der Waals surface area contributed by atoms with Crippen LogP contribution in [0.5, 0.6) is 0 Å². The summed E-state index contributed by atoms with van der Waals surface area (Å²) in [6.07, 6.45) is 0. The molecule has 0 aromatic carbocycles. The van der Waals surface area contributed by atoms with Crippen molar-refractivity contribution in [3.63, 3.8) is 0 Å². The Balaban J connectivity index is 2.81. The Morgan fingerprint density at radius 1 is 1.30 bits per heavy atom. The summed E-state index contributed by atoms with van der Waals surface area (Å²) in [5, 5.41) is 7.05. The maximum atomic E-state index is 11.1. The highest BCUT2D eigenvalue weighted by Crippen LogP contribution is 2.19. The highest BCUT2D eigenvalue weighted by molar-refractivity contribution is 5.88. The Morgan fingerprint density at radius 2 is 1.80 bits per heavy atom. The first-order valence-electron chi connectivity index (χ1n) is 3.40. The molecule has 0 aromatic heterocycles. The molecule has 1 saturated heterocycles. The highest BCUT2D eigenvalue weighted by Gasteiger charge is 2.44. The predicted molar refractivity (Wildman–Crippen MR) is 38.4 cm³/mol. The lowest BCUT2D eigenvalue weighted by atomic mass is 10.1. The SMILES string of the molecule is CC1(C)[N]C(C)(C)C(=O)N1. The lowest BCUT2D eigenvalue weighted by Gasteiger charge is -2.18. The number of nitrogens with zero attached hydrogens (tertiary/aromatic N) is 1. The van der Waals surface area contributed by atoms with Crippen molar-refractivity contribution in [2.75, 3.05) is 0 Å². The van der Waals surface area contributed by atoms with Gasteiger partial charge in [-0.3, -0.25) is 4.79 Å². The van der Waals surface area contributed by atoms with Crippen molar-refractivity contribution in [3.05, 3.63) is 0 Å². The average Bonchev–Trinajstić information content (AvgIpc) is 1.73. The molecular weight excluding hydrogens is 128 g/mol. The number of amides is 1. The molecular formula is C7H13N2O. The molecule has 0 spiro atoms. The number of carbonyl (C=O) groups is 1. The maximum absolute atomic E-state index is 11.1. The Labute approximate surface area is 61.2 Å². The van der Waals surface area contributed by atoms with Gasteiger partial charge in [0.2, 0.25) is 5.91 Å². The van der Waals surface area contributed by atoms with Gasteiger partial charge in [-0.15, -0.1) is 0 Å². The van der Waals surface area contributed by atoms with Crippen molar-refractivity contribution in [3.8, 4) is 0 Å². The van der Waals surface area contributed by atoms with Gasteiger partial charge in [0, 0.05) is 0 Å². The highest BCUT2D eigenvalue weighted by atomic mass is 16.2. The van der Waals surface area contributed by atoms with Crippen LogP contribution in [-0.2, 0) is 4.79 Å². The fourth-order valence-electron chi connectivity index (χ4n) is 1.21. The van der Waals surface area contributed by atoms with Crippen molar-refractivity contribution in [1.29, 1.82) is 0 Å². The molecule has 3 nitrogen and oxygen atoms in total. The van der Waals surface area contributed by atoms with Gasteiger partial charge < -0.3 is 5.32 Å². The number of hydrogen-bond acceptors (Lipinski definition) is 1. The molecule has 0 atom stereocenters. The first-order chi connectivity index (χ1) is 4.33. The van der Waals surface area contributed by atoms with E-state index in [1.54, 1.807) is 0 Å². The van der Waals surface area contributed by atoms with E-state index in [1.165, 1.54) is 0 Å². The Morgan fingerprint density at radius 3 is 1.90 bits per heavy atom. The summed E-state index contributed by atoms with van der Waals surface area (Å²) in [5.41, 5.74) is -0.913. The van der Waals surface area contributed by atoms with Gasteiger partial charge >= 0.3 is 0 Å².